The number of rotatable bonds is 17. The average Bonchev–Trinajstić information content (AvgIpc) is 3.03. The van der Waals surface area contributed by atoms with Gasteiger partial charge in [-0.15, -0.1) is 0 Å². The number of nitro groups is 1. The first-order valence-corrected chi connectivity index (χ1v) is 15.0. The molecule has 6 amide bonds. The molecule has 19 heteroatoms. The van der Waals surface area contributed by atoms with Gasteiger partial charge in [0, 0.05) is 23.9 Å². The van der Waals surface area contributed by atoms with Gasteiger partial charge in [-0.05, 0) is 29.7 Å². The standard InChI is InChI=1S/C29H38N8O10S/c1-14(2)24(36-23(40)11-32-27(43)19(12-38)34-26(42)16-5-3-4-6-17(16)30)29(45)35-20(13-48)28(44)33-18(25(31)41)9-15-7-8-22(39)21(10-15)37(46)47/h3-8,10,14,18-20,24,38-39,48H,9,11-13,30H2,1-2H3,(H2,31,41)(H,32,43)(H,33,44)(H,34,42)(H,35,45)(H,36,40)/t18-,19-,20-,24-/m0/s1. The average molecular weight is 691 g/mol. The van der Waals surface area contributed by atoms with Crippen molar-refractivity contribution in [2.45, 2.75) is 44.4 Å². The molecule has 11 N–H and O–H groups in total. The number of nitrogens with two attached hydrogens (primary N) is 2. The lowest BCUT2D eigenvalue weighted by Crippen LogP contribution is -2.59. The quantitative estimate of drug-likeness (QED) is 0.0370. The number of carbonyl (C=O) groups excluding carboxylic acids is 6. The van der Waals surface area contributed by atoms with Gasteiger partial charge in [0.1, 0.15) is 24.2 Å². The molecular formula is C29H38N8O10S. The number of aromatic hydroxyl groups is 1. The van der Waals surface area contributed by atoms with Gasteiger partial charge in [-0.25, -0.2) is 0 Å². The van der Waals surface area contributed by atoms with Gasteiger partial charge < -0.3 is 48.3 Å². The molecule has 0 unspecified atom stereocenters. The molecule has 0 aliphatic carbocycles. The van der Waals surface area contributed by atoms with Crippen molar-refractivity contribution in [3.05, 3.63) is 63.7 Å². The summed E-state index contributed by atoms with van der Waals surface area (Å²) < 4.78 is 0. The van der Waals surface area contributed by atoms with Gasteiger partial charge in [-0.2, -0.15) is 12.6 Å². The van der Waals surface area contributed by atoms with E-state index < -0.39 is 95.0 Å². The van der Waals surface area contributed by atoms with Gasteiger partial charge in [0.15, 0.2) is 5.75 Å². The van der Waals surface area contributed by atoms with Gasteiger partial charge in [-0.3, -0.25) is 38.9 Å². The fourth-order valence-electron chi connectivity index (χ4n) is 4.21. The monoisotopic (exact) mass is 690 g/mol. The van der Waals surface area contributed by atoms with Crippen molar-refractivity contribution < 1.29 is 43.9 Å². The predicted molar refractivity (Wildman–Crippen MR) is 174 cm³/mol. The number of phenolic OH excluding ortho intramolecular Hbond substituents is 1. The summed E-state index contributed by atoms with van der Waals surface area (Å²) in [4.78, 5) is 86.2. The van der Waals surface area contributed by atoms with Crippen LogP contribution in [0.3, 0.4) is 0 Å². The number of aliphatic hydroxyl groups is 1. The van der Waals surface area contributed by atoms with E-state index >= 15 is 0 Å². The minimum Gasteiger partial charge on any atom is -0.502 e. The van der Waals surface area contributed by atoms with Crippen LogP contribution < -0.4 is 38.1 Å². The second kappa shape index (κ2) is 18.0. The third kappa shape index (κ3) is 11.1. The largest absolute Gasteiger partial charge is 0.502 e. The Kier molecular flexibility index (Phi) is 14.6. The summed E-state index contributed by atoms with van der Waals surface area (Å²) in [6.07, 6.45) is -0.271. The zero-order valence-corrected chi connectivity index (χ0v) is 26.9. The SMILES string of the molecule is CC(C)[C@H](NC(=O)CNC(=O)[C@H](CO)NC(=O)c1ccccc1N)C(=O)N[C@@H](CS)C(=O)N[C@@H](Cc1ccc(O)c([N+](=O)[O-])c1)C(N)=O. The van der Waals surface area contributed by atoms with E-state index in [0.717, 1.165) is 12.1 Å². The lowest BCUT2D eigenvalue weighted by molar-refractivity contribution is -0.385. The third-order valence-electron chi connectivity index (χ3n) is 6.85. The second-order valence-corrected chi connectivity index (χ2v) is 11.2. The molecule has 48 heavy (non-hydrogen) atoms. The van der Waals surface area contributed by atoms with Crippen LogP contribution in [-0.4, -0.2) is 93.7 Å². The Bertz CT molecular complexity index is 1540. The van der Waals surface area contributed by atoms with E-state index in [0.29, 0.717) is 0 Å². The number of nitro benzene ring substituents is 1. The Labute approximate surface area is 279 Å². The number of primary amides is 1. The predicted octanol–water partition coefficient (Wildman–Crippen LogP) is -2.14. The molecule has 0 saturated carbocycles. The molecular weight excluding hydrogens is 652 g/mol. The maximum atomic E-state index is 13.1. The lowest BCUT2D eigenvalue weighted by Gasteiger charge is -2.26. The number of anilines is 1. The maximum absolute atomic E-state index is 13.1. The van der Waals surface area contributed by atoms with Crippen LogP contribution in [0.2, 0.25) is 0 Å². The minimum absolute atomic E-state index is 0.0780. The normalized spacial score (nSPS) is 13.3. The zero-order chi connectivity index (χ0) is 36.1. The van der Waals surface area contributed by atoms with Gasteiger partial charge >= 0.3 is 5.69 Å². The number of aliphatic hydroxyl groups excluding tert-OH is 1. The van der Waals surface area contributed by atoms with E-state index in [-0.39, 0.29) is 29.0 Å². The number of thiol groups is 1. The van der Waals surface area contributed by atoms with Gasteiger partial charge in [0.05, 0.1) is 23.6 Å². The number of hydrogen-bond donors (Lipinski definition) is 10. The topological polar surface area (TPSA) is 298 Å². The number of carbonyl (C=O) groups is 6. The Morgan fingerprint density at radius 1 is 0.917 bits per heavy atom. The summed E-state index contributed by atoms with van der Waals surface area (Å²) in [5.74, 6) is -6.43. The summed E-state index contributed by atoms with van der Waals surface area (Å²) in [5.41, 5.74) is 11.0. The maximum Gasteiger partial charge on any atom is 0.310 e. The number of nitrogen functional groups attached to an aromatic ring is 1. The van der Waals surface area contributed by atoms with E-state index in [2.05, 4.69) is 39.2 Å². The van der Waals surface area contributed by atoms with Crippen LogP contribution in [-0.2, 0) is 30.4 Å². The van der Waals surface area contributed by atoms with Crippen LogP contribution in [0.15, 0.2) is 42.5 Å². The zero-order valence-electron chi connectivity index (χ0n) is 26.0. The van der Waals surface area contributed by atoms with Crippen molar-refractivity contribution in [3.63, 3.8) is 0 Å². The van der Waals surface area contributed by atoms with Crippen molar-refractivity contribution in [2.24, 2.45) is 11.7 Å². The molecule has 260 valence electrons. The summed E-state index contributed by atoms with van der Waals surface area (Å²) in [5, 5.41) is 42.2. The number of benzene rings is 2. The summed E-state index contributed by atoms with van der Waals surface area (Å²) >= 11 is 4.09. The molecule has 0 spiro atoms. The van der Waals surface area contributed by atoms with Crippen molar-refractivity contribution in [1.29, 1.82) is 0 Å². The van der Waals surface area contributed by atoms with Crippen LogP contribution in [0.25, 0.3) is 0 Å². The van der Waals surface area contributed by atoms with Crippen LogP contribution in [0.1, 0.15) is 29.8 Å². The van der Waals surface area contributed by atoms with Crippen molar-refractivity contribution in [1.82, 2.24) is 26.6 Å². The molecule has 0 aromatic heterocycles. The first-order valence-electron chi connectivity index (χ1n) is 14.4. The van der Waals surface area contributed by atoms with E-state index in [1.54, 1.807) is 26.0 Å². The highest BCUT2D eigenvalue weighted by atomic mass is 32.1. The van der Waals surface area contributed by atoms with Gasteiger partial charge in [0.2, 0.25) is 29.5 Å². The molecule has 0 fully saturated rings. The number of nitrogens with zero attached hydrogens (tertiary/aromatic N) is 1. The molecule has 0 bridgehead atoms. The highest BCUT2D eigenvalue weighted by Gasteiger charge is 2.31. The Balaban J connectivity index is 2.00. The second-order valence-electron chi connectivity index (χ2n) is 10.8. The Morgan fingerprint density at radius 3 is 2.12 bits per heavy atom. The summed E-state index contributed by atoms with van der Waals surface area (Å²) in [6, 6.07) is 4.16. The fraction of sp³-hybridized carbons (Fsp3) is 0.379. The van der Waals surface area contributed by atoms with Gasteiger partial charge in [-0.1, -0.05) is 32.0 Å². The molecule has 0 aliphatic heterocycles. The molecule has 2 aromatic carbocycles. The van der Waals surface area contributed by atoms with Crippen LogP contribution in [0, 0.1) is 16.0 Å². The van der Waals surface area contributed by atoms with Crippen molar-refractivity contribution in [3.8, 4) is 5.75 Å². The number of phenols is 1. The smallest absolute Gasteiger partial charge is 0.310 e. The van der Waals surface area contributed by atoms with E-state index in [4.69, 9.17) is 11.5 Å². The third-order valence-corrected chi connectivity index (χ3v) is 7.22. The summed E-state index contributed by atoms with van der Waals surface area (Å²) in [6.45, 7) is 1.78. The molecule has 18 nitrogen and oxygen atoms in total. The number of nitrogens with one attached hydrogen (secondary N) is 5. The van der Waals surface area contributed by atoms with Crippen molar-refractivity contribution in [2.75, 3.05) is 24.6 Å². The molecule has 0 heterocycles. The Morgan fingerprint density at radius 2 is 1.56 bits per heavy atom. The van der Waals surface area contributed by atoms with Crippen LogP contribution >= 0.6 is 12.6 Å². The van der Waals surface area contributed by atoms with E-state index in [9.17, 15) is 49.1 Å². The number of amides is 6. The highest BCUT2D eigenvalue weighted by Crippen LogP contribution is 2.26. The van der Waals surface area contributed by atoms with Crippen LogP contribution in [0.5, 0.6) is 5.75 Å². The number of para-hydroxylation sites is 1. The Hall–Kier alpha value is -5.43. The molecule has 0 saturated heterocycles. The number of hydrogen-bond acceptors (Lipinski definition) is 12. The van der Waals surface area contributed by atoms with E-state index in [1.807, 2.05) is 0 Å². The first-order chi connectivity index (χ1) is 22.6. The lowest BCUT2D eigenvalue weighted by atomic mass is 10.0. The highest BCUT2D eigenvalue weighted by molar-refractivity contribution is 7.80. The molecule has 2 aromatic rings. The van der Waals surface area contributed by atoms with Crippen LogP contribution in [0.4, 0.5) is 11.4 Å². The summed E-state index contributed by atoms with van der Waals surface area (Å²) in [7, 11) is 0. The fourth-order valence-corrected chi connectivity index (χ4v) is 4.47. The van der Waals surface area contributed by atoms with E-state index in [1.165, 1.54) is 18.2 Å². The van der Waals surface area contributed by atoms with Gasteiger partial charge in [0.25, 0.3) is 5.91 Å². The molecule has 2 rings (SSSR count). The molecule has 0 aliphatic rings. The minimum atomic E-state index is -1.42. The molecule has 4 atom stereocenters. The molecule has 0 radical (unpaired) electrons. The first kappa shape index (κ1) is 38.8. The van der Waals surface area contributed by atoms with Crippen molar-refractivity contribution >= 4 is 59.4 Å².